The third-order valence-corrected chi connectivity index (χ3v) is 4.38. The lowest BCUT2D eigenvalue weighted by atomic mass is 10.1. The van der Waals surface area contributed by atoms with E-state index in [0.717, 1.165) is 0 Å². The van der Waals surface area contributed by atoms with E-state index in [4.69, 9.17) is 26.2 Å². The van der Waals surface area contributed by atoms with Gasteiger partial charge < -0.3 is 47.2 Å². The van der Waals surface area contributed by atoms with Crippen LogP contribution in [-0.2, 0) is 33.6 Å². The van der Waals surface area contributed by atoms with Crippen LogP contribution in [0.25, 0.3) is 0 Å². The fourth-order valence-corrected chi connectivity index (χ4v) is 2.48. The lowest BCUT2D eigenvalue weighted by Gasteiger charge is -2.25. The van der Waals surface area contributed by atoms with Crippen molar-refractivity contribution < 1.29 is 59.1 Å². The van der Waals surface area contributed by atoms with Gasteiger partial charge in [0.15, 0.2) is 0 Å². The standard InChI is InChI=1S/C18H28N4O12/c1-7(23)14(19)17(32)21-9(3-5-12(26)27)15(30)20-8(2-4-11(24)25)16(31)22-10(18(33)34)6-13(28)29/h7-10,14,23H,2-6,19H2,1H3,(H,20,30)(H,21,32)(H,22,31)(H,24,25)(H,26,27)(H,28,29)(H,33,34). The van der Waals surface area contributed by atoms with Crippen molar-refractivity contribution in [2.45, 2.75) is 69.3 Å². The van der Waals surface area contributed by atoms with Crippen LogP contribution in [0, 0.1) is 0 Å². The number of aliphatic carboxylic acids is 4. The SMILES string of the molecule is CC(O)C(N)C(=O)NC(CCC(=O)O)C(=O)NC(CCC(=O)O)C(=O)NC(CC(=O)O)C(=O)O. The first kappa shape index (κ1) is 30.2. The first-order valence-electron chi connectivity index (χ1n) is 9.88. The Morgan fingerprint density at radius 3 is 1.38 bits per heavy atom. The minimum absolute atomic E-state index is 0.469. The van der Waals surface area contributed by atoms with Crippen molar-refractivity contribution >= 4 is 41.6 Å². The Balaban J connectivity index is 5.66. The van der Waals surface area contributed by atoms with Crippen molar-refractivity contribution in [1.29, 1.82) is 0 Å². The number of carbonyl (C=O) groups excluding carboxylic acids is 3. The maximum atomic E-state index is 12.7. The fraction of sp³-hybridized carbons (Fsp3) is 0.611. The Morgan fingerprint density at radius 1 is 0.676 bits per heavy atom. The number of amides is 3. The summed E-state index contributed by atoms with van der Waals surface area (Å²) in [5, 5.41) is 51.1. The van der Waals surface area contributed by atoms with Gasteiger partial charge >= 0.3 is 23.9 Å². The summed E-state index contributed by atoms with van der Waals surface area (Å²) < 4.78 is 0. The summed E-state index contributed by atoms with van der Waals surface area (Å²) in [4.78, 5) is 81.1. The van der Waals surface area contributed by atoms with Crippen molar-refractivity contribution in [2.24, 2.45) is 5.73 Å². The zero-order chi connectivity index (χ0) is 26.6. The molecule has 0 heterocycles. The fourth-order valence-electron chi connectivity index (χ4n) is 2.48. The second kappa shape index (κ2) is 14.4. The van der Waals surface area contributed by atoms with E-state index in [0.29, 0.717) is 0 Å². The van der Waals surface area contributed by atoms with Crippen LogP contribution in [0.1, 0.15) is 39.0 Å². The molecular weight excluding hydrogens is 464 g/mol. The Kier molecular flexibility index (Phi) is 12.8. The highest BCUT2D eigenvalue weighted by Crippen LogP contribution is 2.05. The Bertz CT molecular complexity index is 800. The molecule has 0 fully saturated rings. The van der Waals surface area contributed by atoms with E-state index in [2.05, 4.69) is 10.6 Å². The van der Waals surface area contributed by atoms with Gasteiger partial charge in [0, 0.05) is 12.8 Å². The van der Waals surface area contributed by atoms with Gasteiger partial charge in [-0.25, -0.2) is 4.79 Å². The van der Waals surface area contributed by atoms with Crippen LogP contribution in [-0.4, -0.2) is 97.4 Å². The molecule has 0 rings (SSSR count). The van der Waals surface area contributed by atoms with Gasteiger partial charge in [-0.1, -0.05) is 0 Å². The zero-order valence-electron chi connectivity index (χ0n) is 18.1. The van der Waals surface area contributed by atoms with Crippen molar-refractivity contribution in [3.63, 3.8) is 0 Å². The summed E-state index contributed by atoms with van der Waals surface area (Å²) in [5.74, 6) is -9.30. The molecule has 0 aromatic rings. The lowest BCUT2D eigenvalue weighted by molar-refractivity contribution is -0.147. The van der Waals surface area contributed by atoms with Gasteiger partial charge in [-0.15, -0.1) is 0 Å². The molecular formula is C18H28N4O12. The van der Waals surface area contributed by atoms with Gasteiger partial charge in [0.1, 0.15) is 24.2 Å². The van der Waals surface area contributed by atoms with Gasteiger partial charge in [0.2, 0.25) is 17.7 Å². The molecule has 0 aromatic heterocycles. The van der Waals surface area contributed by atoms with Crippen LogP contribution in [0.2, 0.25) is 0 Å². The molecule has 10 N–H and O–H groups in total. The van der Waals surface area contributed by atoms with E-state index in [-0.39, 0.29) is 0 Å². The first-order chi connectivity index (χ1) is 15.6. The molecule has 16 nitrogen and oxygen atoms in total. The van der Waals surface area contributed by atoms with Crippen molar-refractivity contribution in [3.05, 3.63) is 0 Å². The molecule has 0 aliphatic carbocycles. The van der Waals surface area contributed by atoms with Gasteiger partial charge in [-0.05, 0) is 19.8 Å². The van der Waals surface area contributed by atoms with Crippen molar-refractivity contribution in [2.75, 3.05) is 0 Å². The number of carboxylic acids is 4. The number of nitrogens with two attached hydrogens (primary N) is 1. The molecule has 0 bridgehead atoms. The minimum atomic E-state index is -1.89. The molecule has 0 saturated carbocycles. The number of aliphatic hydroxyl groups is 1. The summed E-state index contributed by atoms with van der Waals surface area (Å²) in [6.07, 6.45) is -4.60. The molecule has 0 spiro atoms. The van der Waals surface area contributed by atoms with E-state index in [1.165, 1.54) is 6.92 Å². The van der Waals surface area contributed by atoms with Crippen LogP contribution in [0.15, 0.2) is 0 Å². The number of hydrogen-bond acceptors (Lipinski definition) is 9. The van der Waals surface area contributed by atoms with Gasteiger partial charge in [-0.3, -0.25) is 28.8 Å². The zero-order valence-corrected chi connectivity index (χ0v) is 18.1. The first-order valence-corrected chi connectivity index (χ1v) is 9.88. The highest BCUT2D eigenvalue weighted by molar-refractivity contribution is 5.95. The summed E-state index contributed by atoms with van der Waals surface area (Å²) >= 11 is 0. The molecule has 3 amide bonds. The molecule has 0 aliphatic rings. The highest BCUT2D eigenvalue weighted by Gasteiger charge is 2.32. The molecule has 192 valence electrons. The maximum absolute atomic E-state index is 12.7. The highest BCUT2D eigenvalue weighted by atomic mass is 16.4. The molecule has 0 aromatic carbocycles. The predicted molar refractivity (Wildman–Crippen MR) is 109 cm³/mol. The van der Waals surface area contributed by atoms with Gasteiger partial charge in [-0.2, -0.15) is 0 Å². The minimum Gasteiger partial charge on any atom is -0.481 e. The molecule has 5 unspecified atom stereocenters. The normalized spacial score (nSPS) is 15.0. The summed E-state index contributed by atoms with van der Waals surface area (Å²) in [7, 11) is 0. The van der Waals surface area contributed by atoms with Gasteiger partial charge in [0.05, 0.1) is 12.5 Å². The lowest BCUT2D eigenvalue weighted by Crippen LogP contribution is -2.58. The second-order valence-electron chi connectivity index (χ2n) is 7.25. The van der Waals surface area contributed by atoms with E-state index in [1.54, 1.807) is 0 Å². The summed E-state index contributed by atoms with van der Waals surface area (Å²) in [6.45, 7) is 1.19. The van der Waals surface area contributed by atoms with Crippen molar-refractivity contribution in [1.82, 2.24) is 16.0 Å². The van der Waals surface area contributed by atoms with Crippen LogP contribution >= 0.6 is 0 Å². The third-order valence-electron chi connectivity index (χ3n) is 4.38. The number of carbonyl (C=O) groups is 7. The van der Waals surface area contributed by atoms with E-state index < -0.39 is 104 Å². The molecule has 0 aliphatic heterocycles. The van der Waals surface area contributed by atoms with Crippen LogP contribution in [0.4, 0.5) is 0 Å². The third kappa shape index (κ3) is 11.7. The summed E-state index contributed by atoms with van der Waals surface area (Å²) in [6, 6.07) is -6.60. The topological polar surface area (TPSA) is 283 Å². The van der Waals surface area contributed by atoms with Crippen LogP contribution in [0.5, 0.6) is 0 Å². The largest absolute Gasteiger partial charge is 0.481 e. The molecule has 16 heteroatoms. The van der Waals surface area contributed by atoms with E-state index >= 15 is 0 Å². The molecule has 34 heavy (non-hydrogen) atoms. The Hall–Kier alpha value is -3.79. The summed E-state index contributed by atoms with van der Waals surface area (Å²) in [5.41, 5.74) is 5.47. The van der Waals surface area contributed by atoms with Crippen molar-refractivity contribution in [3.8, 4) is 0 Å². The number of carboxylic acid groups (broad SMARTS) is 4. The maximum Gasteiger partial charge on any atom is 0.326 e. The Morgan fingerprint density at radius 2 is 1.06 bits per heavy atom. The second-order valence-corrected chi connectivity index (χ2v) is 7.25. The predicted octanol–water partition coefficient (Wildman–Crippen LogP) is -3.56. The average molecular weight is 492 g/mol. The monoisotopic (exact) mass is 492 g/mol. The van der Waals surface area contributed by atoms with E-state index in [1.807, 2.05) is 5.32 Å². The quantitative estimate of drug-likeness (QED) is 0.101. The Labute approximate surface area is 192 Å². The average Bonchev–Trinajstić information content (AvgIpc) is 2.71. The number of aliphatic hydroxyl groups excluding tert-OH is 1. The number of hydrogen-bond donors (Lipinski definition) is 9. The van der Waals surface area contributed by atoms with E-state index in [9.17, 15) is 38.7 Å². The van der Waals surface area contributed by atoms with Crippen LogP contribution < -0.4 is 21.7 Å². The molecule has 0 radical (unpaired) electrons. The molecule has 0 saturated heterocycles. The number of nitrogens with one attached hydrogen (secondary N) is 3. The van der Waals surface area contributed by atoms with Crippen LogP contribution in [0.3, 0.4) is 0 Å². The van der Waals surface area contributed by atoms with Gasteiger partial charge in [0.25, 0.3) is 0 Å². The smallest absolute Gasteiger partial charge is 0.326 e. The number of rotatable bonds is 16. The molecule has 5 atom stereocenters.